The molecule has 0 aromatic carbocycles. The quantitative estimate of drug-likeness (QED) is 0.267. The first-order chi connectivity index (χ1) is 10.8. The summed E-state index contributed by atoms with van der Waals surface area (Å²) in [6, 6.07) is 0. The van der Waals surface area contributed by atoms with Crippen molar-refractivity contribution in [2.24, 2.45) is 23.7 Å². The Kier molecular flexibility index (Phi) is 15.3. The van der Waals surface area contributed by atoms with Crippen LogP contribution in [0, 0.1) is 23.7 Å². The zero-order chi connectivity index (χ0) is 18.4. The minimum absolute atomic E-state index is 0.574. The fraction of sp³-hybridized carbons (Fsp3) is 0.652. The van der Waals surface area contributed by atoms with Gasteiger partial charge in [0.15, 0.2) is 0 Å². The van der Waals surface area contributed by atoms with Gasteiger partial charge in [0, 0.05) is 0 Å². The van der Waals surface area contributed by atoms with Crippen molar-refractivity contribution in [2.75, 3.05) is 0 Å². The van der Waals surface area contributed by atoms with Gasteiger partial charge in [0.2, 0.25) is 0 Å². The zero-order valence-corrected chi connectivity index (χ0v) is 16.8. The number of allylic oxidation sites excluding steroid dienone is 4. The van der Waals surface area contributed by atoms with E-state index in [1.807, 2.05) is 6.92 Å². The van der Waals surface area contributed by atoms with Crippen molar-refractivity contribution in [3.8, 4) is 0 Å². The van der Waals surface area contributed by atoms with Crippen molar-refractivity contribution >= 4 is 0 Å². The van der Waals surface area contributed by atoms with Gasteiger partial charge in [-0.15, -0.1) is 13.2 Å². The molecule has 0 aliphatic rings. The van der Waals surface area contributed by atoms with E-state index in [1.165, 1.54) is 37.7 Å². The molecule has 134 valence electrons. The maximum atomic E-state index is 4.19. The molecule has 0 spiro atoms. The second-order valence-corrected chi connectivity index (χ2v) is 7.28. The Morgan fingerprint density at radius 2 is 1.30 bits per heavy atom. The molecule has 0 N–H and O–H groups in total. The van der Waals surface area contributed by atoms with E-state index in [1.54, 1.807) is 0 Å². The van der Waals surface area contributed by atoms with Crippen LogP contribution in [0.5, 0.6) is 0 Å². The van der Waals surface area contributed by atoms with E-state index in [9.17, 15) is 0 Å². The number of hydrogen-bond acceptors (Lipinski definition) is 0. The SMILES string of the molecule is C=C.C=C(C)/C=C\C(=C)C(C)CCC(C)C(C)CCC(C)CC. The normalized spacial score (nSPS) is 16.1. The van der Waals surface area contributed by atoms with Crippen LogP contribution in [-0.2, 0) is 0 Å². The van der Waals surface area contributed by atoms with Crippen LogP contribution in [0.25, 0.3) is 0 Å². The summed E-state index contributed by atoms with van der Waals surface area (Å²) >= 11 is 0. The van der Waals surface area contributed by atoms with Gasteiger partial charge >= 0.3 is 0 Å². The van der Waals surface area contributed by atoms with E-state index in [-0.39, 0.29) is 0 Å². The average molecular weight is 319 g/mol. The van der Waals surface area contributed by atoms with E-state index < -0.39 is 0 Å². The summed E-state index contributed by atoms with van der Waals surface area (Å²) < 4.78 is 0. The molecule has 0 heteroatoms. The van der Waals surface area contributed by atoms with Crippen molar-refractivity contribution < 1.29 is 0 Å². The van der Waals surface area contributed by atoms with Crippen molar-refractivity contribution in [2.45, 2.75) is 73.6 Å². The molecule has 0 nitrogen and oxygen atoms in total. The molecule has 0 aliphatic carbocycles. The summed E-state index contributed by atoms with van der Waals surface area (Å²) in [4.78, 5) is 0. The minimum Gasteiger partial charge on any atom is -0.106 e. The van der Waals surface area contributed by atoms with Crippen LogP contribution in [0.4, 0.5) is 0 Å². The van der Waals surface area contributed by atoms with Gasteiger partial charge in [-0.25, -0.2) is 0 Å². The molecule has 0 radical (unpaired) electrons. The third kappa shape index (κ3) is 13.1. The second kappa shape index (κ2) is 14.5. The molecular formula is C23H42. The lowest BCUT2D eigenvalue weighted by Gasteiger charge is -2.23. The largest absolute Gasteiger partial charge is 0.106 e. The topological polar surface area (TPSA) is 0 Å². The Hall–Kier alpha value is -1.04. The summed E-state index contributed by atoms with van der Waals surface area (Å²) in [5, 5.41) is 0. The van der Waals surface area contributed by atoms with Crippen LogP contribution in [0.2, 0.25) is 0 Å². The summed E-state index contributed by atoms with van der Waals surface area (Å²) in [5.74, 6) is 3.11. The third-order valence-electron chi connectivity index (χ3n) is 5.05. The second-order valence-electron chi connectivity index (χ2n) is 7.28. The van der Waals surface area contributed by atoms with Gasteiger partial charge in [0.05, 0.1) is 0 Å². The lowest BCUT2D eigenvalue weighted by Crippen LogP contribution is -2.11. The Labute approximate surface area is 147 Å². The maximum absolute atomic E-state index is 4.19. The molecule has 0 heterocycles. The van der Waals surface area contributed by atoms with Crippen LogP contribution in [-0.4, -0.2) is 0 Å². The van der Waals surface area contributed by atoms with Gasteiger partial charge in [-0.2, -0.15) is 0 Å². The summed E-state index contributed by atoms with van der Waals surface area (Å²) in [7, 11) is 0. The van der Waals surface area contributed by atoms with E-state index in [4.69, 9.17) is 0 Å². The molecule has 0 aromatic rings. The van der Waals surface area contributed by atoms with Gasteiger partial charge < -0.3 is 0 Å². The fourth-order valence-corrected chi connectivity index (χ4v) is 2.43. The van der Waals surface area contributed by atoms with Crippen molar-refractivity contribution in [1.29, 1.82) is 0 Å². The van der Waals surface area contributed by atoms with Gasteiger partial charge in [0.25, 0.3) is 0 Å². The highest BCUT2D eigenvalue weighted by Gasteiger charge is 2.15. The van der Waals surface area contributed by atoms with Gasteiger partial charge in [-0.1, -0.05) is 90.3 Å². The predicted octanol–water partition coefficient (Wildman–Crippen LogP) is 7.99. The average Bonchev–Trinajstić information content (AvgIpc) is 2.55. The Balaban J connectivity index is 0. The predicted molar refractivity (Wildman–Crippen MR) is 110 cm³/mol. The lowest BCUT2D eigenvalue weighted by atomic mass is 9.83. The standard InChI is InChI=1S/C21H38.C2H4/c1-9-17(4)11-13-19(6)21(8)15-14-20(7)18(5)12-10-16(2)3;1-2/h10,12,17,19-21H,2,5,9,11,13-15H2,1,3-4,6-8H3;1-2H2/b12-10-;. The van der Waals surface area contributed by atoms with Crippen LogP contribution < -0.4 is 0 Å². The number of rotatable bonds is 11. The van der Waals surface area contributed by atoms with Crippen LogP contribution >= 0.6 is 0 Å². The molecule has 0 aliphatic heterocycles. The smallest absolute Gasteiger partial charge is 0.0196 e. The van der Waals surface area contributed by atoms with Crippen LogP contribution in [0.1, 0.15) is 73.6 Å². The highest BCUT2D eigenvalue weighted by atomic mass is 14.2. The summed E-state index contributed by atoms with van der Waals surface area (Å²) in [6.45, 7) is 27.9. The monoisotopic (exact) mass is 318 g/mol. The zero-order valence-electron chi connectivity index (χ0n) is 16.8. The summed E-state index contributed by atoms with van der Waals surface area (Å²) in [6.07, 6.45) is 10.8. The molecule has 0 fully saturated rings. The summed E-state index contributed by atoms with van der Waals surface area (Å²) in [5.41, 5.74) is 2.33. The minimum atomic E-state index is 0.574. The fourth-order valence-electron chi connectivity index (χ4n) is 2.43. The first-order valence-electron chi connectivity index (χ1n) is 9.30. The van der Waals surface area contributed by atoms with E-state index in [0.29, 0.717) is 5.92 Å². The Morgan fingerprint density at radius 1 is 0.826 bits per heavy atom. The van der Waals surface area contributed by atoms with Gasteiger partial charge in [-0.3, -0.25) is 0 Å². The van der Waals surface area contributed by atoms with Crippen molar-refractivity contribution in [3.63, 3.8) is 0 Å². The molecule has 23 heavy (non-hydrogen) atoms. The van der Waals surface area contributed by atoms with Gasteiger partial charge in [0.1, 0.15) is 0 Å². The van der Waals surface area contributed by atoms with E-state index in [2.05, 4.69) is 73.1 Å². The Bertz CT molecular complexity index is 347. The maximum Gasteiger partial charge on any atom is -0.0196 e. The third-order valence-corrected chi connectivity index (χ3v) is 5.05. The molecule has 0 amide bonds. The molecule has 4 unspecified atom stereocenters. The van der Waals surface area contributed by atoms with E-state index in [0.717, 1.165) is 23.3 Å². The molecular weight excluding hydrogens is 276 g/mol. The first-order valence-corrected chi connectivity index (χ1v) is 9.30. The highest BCUT2D eigenvalue weighted by Crippen LogP contribution is 2.27. The van der Waals surface area contributed by atoms with E-state index >= 15 is 0 Å². The molecule has 0 saturated heterocycles. The van der Waals surface area contributed by atoms with Crippen LogP contribution in [0.3, 0.4) is 0 Å². The molecule has 0 rings (SSSR count). The lowest BCUT2D eigenvalue weighted by molar-refractivity contribution is 0.301. The highest BCUT2D eigenvalue weighted by molar-refractivity contribution is 5.24. The molecule has 0 bridgehead atoms. The molecule has 0 saturated carbocycles. The molecule has 0 aromatic heterocycles. The molecule has 4 atom stereocenters. The number of hydrogen-bond donors (Lipinski definition) is 0. The Morgan fingerprint density at radius 3 is 1.74 bits per heavy atom. The van der Waals surface area contributed by atoms with Gasteiger partial charge in [-0.05, 0) is 43.4 Å². The first kappa shape index (κ1) is 24.2. The van der Waals surface area contributed by atoms with Crippen molar-refractivity contribution in [1.82, 2.24) is 0 Å². The van der Waals surface area contributed by atoms with Crippen molar-refractivity contribution in [3.05, 3.63) is 49.6 Å². The van der Waals surface area contributed by atoms with Crippen LogP contribution in [0.15, 0.2) is 49.6 Å².